The van der Waals surface area contributed by atoms with Gasteiger partial charge in [-0.3, -0.25) is 0 Å². The number of hydrogen-bond donors (Lipinski definition) is 0. The summed E-state index contributed by atoms with van der Waals surface area (Å²) < 4.78 is 11.3. The van der Waals surface area contributed by atoms with E-state index in [9.17, 15) is 0 Å². The number of hydrogen-bond acceptors (Lipinski definition) is 3. The molecular formula is C17H18O2S. The first-order valence-electron chi connectivity index (χ1n) is 6.78. The molecule has 1 heterocycles. The first-order valence-corrected chi connectivity index (χ1v) is 7.66. The van der Waals surface area contributed by atoms with E-state index in [-0.39, 0.29) is 0 Å². The van der Waals surface area contributed by atoms with Gasteiger partial charge in [-0.2, -0.15) is 0 Å². The molecule has 0 aromatic heterocycles. The number of rotatable bonds is 4. The second-order valence-electron chi connectivity index (χ2n) is 5.02. The summed E-state index contributed by atoms with van der Waals surface area (Å²) in [5.41, 5.74) is 2.61. The van der Waals surface area contributed by atoms with Gasteiger partial charge < -0.3 is 9.47 Å². The van der Waals surface area contributed by atoms with Crippen LogP contribution in [-0.2, 0) is 6.42 Å². The maximum atomic E-state index is 5.95. The Kier molecular flexibility index (Phi) is 3.88. The normalized spacial score (nSPS) is 16.8. The lowest BCUT2D eigenvalue weighted by Crippen LogP contribution is -2.13. The third kappa shape index (κ3) is 2.78. The molecule has 1 aliphatic heterocycles. The van der Waals surface area contributed by atoms with E-state index in [1.807, 2.05) is 30.0 Å². The minimum Gasteiger partial charge on any atom is -0.493 e. The van der Waals surface area contributed by atoms with Crippen molar-refractivity contribution >= 4 is 11.8 Å². The zero-order valence-corrected chi connectivity index (χ0v) is 12.6. The highest BCUT2D eigenvalue weighted by atomic mass is 32.2. The number of benzene rings is 2. The van der Waals surface area contributed by atoms with Gasteiger partial charge in [0.15, 0.2) is 11.5 Å². The maximum Gasteiger partial charge on any atom is 0.161 e. The van der Waals surface area contributed by atoms with Crippen LogP contribution in [0, 0.1) is 6.92 Å². The molecule has 0 bridgehead atoms. The van der Waals surface area contributed by atoms with Crippen LogP contribution in [0.3, 0.4) is 0 Å². The third-order valence-electron chi connectivity index (χ3n) is 3.46. The van der Waals surface area contributed by atoms with Crippen molar-refractivity contribution in [2.24, 2.45) is 0 Å². The summed E-state index contributed by atoms with van der Waals surface area (Å²) in [6.45, 7) is 2.76. The van der Waals surface area contributed by atoms with E-state index >= 15 is 0 Å². The average Bonchev–Trinajstić information content (AvgIpc) is 2.88. The Labute approximate surface area is 124 Å². The highest BCUT2D eigenvalue weighted by Crippen LogP contribution is 2.37. The van der Waals surface area contributed by atoms with Crippen molar-refractivity contribution < 1.29 is 9.47 Å². The van der Waals surface area contributed by atoms with E-state index in [1.165, 1.54) is 16.0 Å². The number of methoxy groups -OCH3 is 1. The van der Waals surface area contributed by atoms with Crippen LogP contribution < -0.4 is 9.47 Å². The molecule has 20 heavy (non-hydrogen) atoms. The van der Waals surface area contributed by atoms with Gasteiger partial charge in [0.2, 0.25) is 0 Å². The first kappa shape index (κ1) is 13.4. The largest absolute Gasteiger partial charge is 0.493 e. The molecule has 0 aliphatic carbocycles. The molecule has 1 atom stereocenters. The van der Waals surface area contributed by atoms with Crippen molar-refractivity contribution in [3.05, 3.63) is 53.6 Å². The summed E-state index contributed by atoms with van der Waals surface area (Å²) >= 11 is 1.91. The Hall–Kier alpha value is -1.61. The van der Waals surface area contributed by atoms with Crippen LogP contribution in [0.15, 0.2) is 47.4 Å². The topological polar surface area (TPSA) is 18.5 Å². The van der Waals surface area contributed by atoms with Crippen molar-refractivity contribution in [1.82, 2.24) is 0 Å². The fourth-order valence-electron chi connectivity index (χ4n) is 2.42. The molecular weight excluding hydrogens is 268 g/mol. The molecule has 2 aromatic rings. The van der Waals surface area contributed by atoms with Gasteiger partial charge >= 0.3 is 0 Å². The van der Waals surface area contributed by atoms with Crippen LogP contribution in [0.2, 0.25) is 0 Å². The Balaban J connectivity index is 1.64. The number of fused-ring (bicyclic) bond motifs is 1. The molecule has 3 rings (SSSR count). The molecule has 0 radical (unpaired) electrons. The number of thioether (sulfide) groups is 1. The van der Waals surface area contributed by atoms with Gasteiger partial charge in [0.25, 0.3) is 0 Å². The summed E-state index contributed by atoms with van der Waals surface area (Å²) in [5.74, 6) is 1.64. The SMILES string of the molecule is COc1cc(C)ccc1OCC1Cc2ccccc2S1. The van der Waals surface area contributed by atoms with Gasteiger partial charge in [-0.25, -0.2) is 0 Å². The molecule has 0 fully saturated rings. The molecule has 0 spiro atoms. The Morgan fingerprint density at radius 2 is 2.00 bits per heavy atom. The Bertz CT molecular complexity index is 585. The fourth-order valence-corrected chi connectivity index (χ4v) is 3.64. The highest BCUT2D eigenvalue weighted by Gasteiger charge is 2.22. The monoisotopic (exact) mass is 286 g/mol. The number of ether oxygens (including phenoxy) is 2. The van der Waals surface area contributed by atoms with Crippen LogP contribution in [0.25, 0.3) is 0 Å². The van der Waals surface area contributed by atoms with Gasteiger partial charge in [0.05, 0.1) is 7.11 Å². The molecule has 0 saturated carbocycles. The van der Waals surface area contributed by atoms with Crippen LogP contribution in [0.1, 0.15) is 11.1 Å². The van der Waals surface area contributed by atoms with Crippen molar-refractivity contribution in [3.8, 4) is 11.5 Å². The Morgan fingerprint density at radius 3 is 2.80 bits per heavy atom. The van der Waals surface area contributed by atoms with Crippen LogP contribution in [0.5, 0.6) is 11.5 Å². The molecule has 104 valence electrons. The fraction of sp³-hybridized carbons (Fsp3) is 0.294. The van der Waals surface area contributed by atoms with Gasteiger partial charge in [0.1, 0.15) is 6.61 Å². The standard InChI is InChI=1S/C17H18O2S/c1-12-7-8-15(16(9-12)18-2)19-11-14-10-13-5-3-4-6-17(13)20-14/h3-9,14H,10-11H2,1-2H3. The van der Waals surface area contributed by atoms with Crippen molar-refractivity contribution in [3.63, 3.8) is 0 Å². The smallest absolute Gasteiger partial charge is 0.161 e. The maximum absolute atomic E-state index is 5.95. The predicted molar refractivity (Wildman–Crippen MR) is 83.0 cm³/mol. The molecule has 0 saturated heterocycles. The highest BCUT2D eigenvalue weighted by molar-refractivity contribution is 8.00. The predicted octanol–water partition coefficient (Wildman–Crippen LogP) is 4.10. The van der Waals surface area contributed by atoms with Crippen LogP contribution >= 0.6 is 11.8 Å². The summed E-state index contributed by atoms with van der Waals surface area (Å²) in [5, 5.41) is 0.485. The number of aryl methyl sites for hydroxylation is 1. The van der Waals surface area contributed by atoms with Crippen LogP contribution in [-0.4, -0.2) is 19.0 Å². The Morgan fingerprint density at radius 1 is 1.15 bits per heavy atom. The minimum absolute atomic E-state index is 0.485. The lowest BCUT2D eigenvalue weighted by atomic mass is 10.1. The van der Waals surface area contributed by atoms with E-state index in [1.54, 1.807) is 7.11 Å². The molecule has 3 heteroatoms. The van der Waals surface area contributed by atoms with Crippen LogP contribution in [0.4, 0.5) is 0 Å². The molecule has 2 nitrogen and oxygen atoms in total. The zero-order chi connectivity index (χ0) is 13.9. The lowest BCUT2D eigenvalue weighted by molar-refractivity contribution is 0.294. The van der Waals surface area contributed by atoms with Gasteiger partial charge in [-0.05, 0) is 42.7 Å². The summed E-state index contributed by atoms with van der Waals surface area (Å²) in [7, 11) is 1.68. The second kappa shape index (κ2) is 5.80. The average molecular weight is 286 g/mol. The molecule has 1 aliphatic rings. The molecule has 0 N–H and O–H groups in total. The van der Waals surface area contributed by atoms with Gasteiger partial charge in [-0.15, -0.1) is 11.8 Å². The van der Waals surface area contributed by atoms with Crippen molar-refractivity contribution in [2.45, 2.75) is 23.5 Å². The first-order chi connectivity index (χ1) is 9.76. The van der Waals surface area contributed by atoms with Gasteiger partial charge in [0, 0.05) is 10.1 Å². The van der Waals surface area contributed by atoms with E-state index in [2.05, 4.69) is 31.2 Å². The molecule has 0 amide bonds. The third-order valence-corrected chi connectivity index (χ3v) is 4.75. The summed E-state index contributed by atoms with van der Waals surface area (Å²) in [6.07, 6.45) is 1.08. The summed E-state index contributed by atoms with van der Waals surface area (Å²) in [6, 6.07) is 14.6. The van der Waals surface area contributed by atoms with E-state index in [0.717, 1.165) is 17.9 Å². The quantitative estimate of drug-likeness (QED) is 0.843. The molecule has 1 unspecified atom stereocenters. The minimum atomic E-state index is 0.485. The van der Waals surface area contributed by atoms with E-state index < -0.39 is 0 Å². The molecule has 2 aromatic carbocycles. The zero-order valence-electron chi connectivity index (χ0n) is 11.8. The lowest BCUT2D eigenvalue weighted by Gasteiger charge is -2.14. The second-order valence-corrected chi connectivity index (χ2v) is 6.36. The van der Waals surface area contributed by atoms with Gasteiger partial charge in [-0.1, -0.05) is 24.3 Å². The van der Waals surface area contributed by atoms with E-state index in [0.29, 0.717) is 11.9 Å². The van der Waals surface area contributed by atoms with Crippen molar-refractivity contribution in [2.75, 3.05) is 13.7 Å². The van der Waals surface area contributed by atoms with Crippen molar-refractivity contribution in [1.29, 1.82) is 0 Å². The van der Waals surface area contributed by atoms with E-state index in [4.69, 9.17) is 9.47 Å². The summed E-state index contributed by atoms with van der Waals surface area (Å²) in [4.78, 5) is 1.39.